The van der Waals surface area contributed by atoms with E-state index in [1.54, 1.807) is 0 Å². The van der Waals surface area contributed by atoms with Gasteiger partial charge in [0.25, 0.3) is 0 Å². The summed E-state index contributed by atoms with van der Waals surface area (Å²) in [6.45, 7) is 1.37. The summed E-state index contributed by atoms with van der Waals surface area (Å²) >= 11 is 0. The zero-order chi connectivity index (χ0) is 16.4. The molecule has 0 spiro atoms. The van der Waals surface area contributed by atoms with Crippen molar-refractivity contribution in [1.82, 2.24) is 9.55 Å². The zero-order valence-corrected chi connectivity index (χ0v) is 16.3. The standard InChI is InChI=1S/C19H21N5.HI/c20-19(23-16-9-8-14-4-3-5-15(14)12-16)21-10-11-24-13-22-17-6-1-2-7-18(17)24;/h1-2,6-9,12-13H,3-5,10-11H2,(H3,20,21,23);1H. The summed E-state index contributed by atoms with van der Waals surface area (Å²) in [7, 11) is 0. The fraction of sp³-hybridized carbons (Fsp3) is 0.263. The number of nitrogens with zero attached hydrogens (tertiary/aromatic N) is 3. The van der Waals surface area contributed by atoms with Gasteiger partial charge in [-0.3, -0.25) is 4.99 Å². The average molecular weight is 447 g/mol. The molecule has 1 aromatic heterocycles. The largest absolute Gasteiger partial charge is 0.370 e. The van der Waals surface area contributed by atoms with E-state index in [2.05, 4.69) is 44.1 Å². The number of nitrogens with two attached hydrogens (primary N) is 1. The van der Waals surface area contributed by atoms with Gasteiger partial charge < -0.3 is 15.6 Å². The summed E-state index contributed by atoms with van der Waals surface area (Å²) in [5, 5.41) is 3.19. The van der Waals surface area contributed by atoms with Crippen molar-refractivity contribution < 1.29 is 0 Å². The van der Waals surface area contributed by atoms with E-state index in [1.165, 1.54) is 24.0 Å². The van der Waals surface area contributed by atoms with Gasteiger partial charge in [-0.1, -0.05) is 18.2 Å². The number of hydrogen-bond acceptors (Lipinski definition) is 2. The maximum Gasteiger partial charge on any atom is 0.193 e. The average Bonchev–Trinajstić information content (AvgIpc) is 3.21. The first-order valence-electron chi connectivity index (χ1n) is 8.38. The molecule has 2 aromatic carbocycles. The number of nitrogens with one attached hydrogen (secondary N) is 1. The number of aryl methyl sites for hydroxylation is 2. The van der Waals surface area contributed by atoms with Gasteiger partial charge in [-0.15, -0.1) is 24.0 Å². The lowest BCUT2D eigenvalue weighted by Crippen LogP contribution is -2.23. The molecule has 1 aliphatic rings. The van der Waals surface area contributed by atoms with Crippen molar-refractivity contribution in [1.29, 1.82) is 0 Å². The molecular formula is C19H22IN5. The van der Waals surface area contributed by atoms with E-state index in [0.29, 0.717) is 12.5 Å². The monoisotopic (exact) mass is 447 g/mol. The molecule has 1 aliphatic carbocycles. The van der Waals surface area contributed by atoms with Crippen LogP contribution in [0.3, 0.4) is 0 Å². The third-order valence-corrected chi connectivity index (χ3v) is 4.52. The molecule has 0 radical (unpaired) electrons. The van der Waals surface area contributed by atoms with Crippen molar-refractivity contribution in [2.45, 2.75) is 25.8 Å². The molecule has 130 valence electrons. The van der Waals surface area contributed by atoms with Gasteiger partial charge in [0, 0.05) is 12.2 Å². The first-order valence-corrected chi connectivity index (χ1v) is 8.38. The van der Waals surface area contributed by atoms with Gasteiger partial charge in [-0.2, -0.15) is 0 Å². The minimum Gasteiger partial charge on any atom is -0.370 e. The van der Waals surface area contributed by atoms with Crippen molar-refractivity contribution in [3.8, 4) is 0 Å². The third-order valence-electron chi connectivity index (χ3n) is 4.52. The van der Waals surface area contributed by atoms with Gasteiger partial charge in [0.1, 0.15) is 0 Å². The van der Waals surface area contributed by atoms with Gasteiger partial charge in [-0.05, 0) is 54.7 Å². The molecule has 5 nitrogen and oxygen atoms in total. The van der Waals surface area contributed by atoms with Crippen LogP contribution in [0, 0.1) is 0 Å². The molecule has 0 aliphatic heterocycles. The number of anilines is 1. The zero-order valence-electron chi connectivity index (χ0n) is 14.0. The van der Waals surface area contributed by atoms with E-state index in [1.807, 2.05) is 24.5 Å². The van der Waals surface area contributed by atoms with Gasteiger partial charge in [0.05, 0.1) is 23.9 Å². The number of para-hydroxylation sites is 2. The lowest BCUT2D eigenvalue weighted by atomic mass is 10.1. The van der Waals surface area contributed by atoms with Crippen LogP contribution < -0.4 is 11.1 Å². The third kappa shape index (κ3) is 3.95. The Morgan fingerprint density at radius 2 is 2.00 bits per heavy atom. The highest BCUT2D eigenvalue weighted by atomic mass is 127. The van der Waals surface area contributed by atoms with Crippen LogP contribution in [0.15, 0.2) is 53.8 Å². The highest BCUT2D eigenvalue weighted by Gasteiger charge is 2.10. The van der Waals surface area contributed by atoms with Gasteiger partial charge in [0.15, 0.2) is 5.96 Å². The first-order chi connectivity index (χ1) is 11.8. The minimum absolute atomic E-state index is 0. The number of rotatable bonds is 4. The van der Waals surface area contributed by atoms with Crippen LogP contribution in [-0.4, -0.2) is 22.1 Å². The number of aliphatic imine (C=N–C) groups is 1. The Morgan fingerprint density at radius 3 is 2.92 bits per heavy atom. The Morgan fingerprint density at radius 1 is 1.16 bits per heavy atom. The van der Waals surface area contributed by atoms with E-state index in [-0.39, 0.29) is 24.0 Å². The number of aromatic nitrogens is 2. The normalized spacial score (nSPS) is 13.5. The van der Waals surface area contributed by atoms with Crippen molar-refractivity contribution in [3.63, 3.8) is 0 Å². The lowest BCUT2D eigenvalue weighted by molar-refractivity contribution is 0.728. The molecule has 0 fully saturated rings. The van der Waals surface area contributed by atoms with Crippen molar-refractivity contribution >= 4 is 46.7 Å². The molecule has 3 N–H and O–H groups in total. The van der Waals surface area contributed by atoms with Crippen molar-refractivity contribution in [2.24, 2.45) is 10.7 Å². The summed E-state index contributed by atoms with van der Waals surface area (Å²) in [4.78, 5) is 8.81. The van der Waals surface area contributed by atoms with Crippen LogP contribution in [0.5, 0.6) is 0 Å². The Bertz CT molecular complexity index is 900. The summed E-state index contributed by atoms with van der Waals surface area (Å²) in [6.07, 6.45) is 5.46. The fourth-order valence-corrected chi connectivity index (χ4v) is 3.30. The van der Waals surface area contributed by atoms with Crippen LogP contribution in [0.1, 0.15) is 17.5 Å². The molecule has 1 heterocycles. The Labute approximate surface area is 164 Å². The number of imidazole rings is 1. The lowest BCUT2D eigenvalue weighted by Gasteiger charge is -2.08. The van der Waals surface area contributed by atoms with E-state index < -0.39 is 0 Å². The maximum atomic E-state index is 6.02. The first kappa shape index (κ1) is 17.7. The maximum absolute atomic E-state index is 6.02. The van der Waals surface area contributed by atoms with Gasteiger partial charge in [0.2, 0.25) is 0 Å². The van der Waals surface area contributed by atoms with Crippen LogP contribution in [-0.2, 0) is 19.4 Å². The molecular weight excluding hydrogens is 425 g/mol. The summed E-state index contributed by atoms with van der Waals surface area (Å²) in [5.74, 6) is 0.456. The molecule has 0 atom stereocenters. The number of benzene rings is 2. The number of guanidine groups is 1. The smallest absolute Gasteiger partial charge is 0.193 e. The Hall–Kier alpha value is -2.09. The van der Waals surface area contributed by atoms with E-state index >= 15 is 0 Å². The molecule has 4 rings (SSSR count). The molecule has 25 heavy (non-hydrogen) atoms. The second kappa shape index (κ2) is 7.86. The molecule has 0 saturated carbocycles. The van der Waals surface area contributed by atoms with Crippen LogP contribution in [0.2, 0.25) is 0 Å². The minimum atomic E-state index is 0. The summed E-state index contributed by atoms with van der Waals surface area (Å²) in [5.41, 5.74) is 12.1. The number of fused-ring (bicyclic) bond motifs is 2. The topological polar surface area (TPSA) is 68.2 Å². The van der Waals surface area contributed by atoms with E-state index in [4.69, 9.17) is 5.73 Å². The second-order valence-corrected chi connectivity index (χ2v) is 6.16. The van der Waals surface area contributed by atoms with Crippen molar-refractivity contribution in [2.75, 3.05) is 11.9 Å². The van der Waals surface area contributed by atoms with Crippen LogP contribution in [0.4, 0.5) is 5.69 Å². The van der Waals surface area contributed by atoms with Crippen LogP contribution >= 0.6 is 24.0 Å². The SMILES string of the molecule is I.NC(=NCCn1cnc2ccccc21)Nc1ccc2c(c1)CCC2. The van der Waals surface area contributed by atoms with Crippen molar-refractivity contribution in [3.05, 3.63) is 59.9 Å². The number of hydrogen-bond donors (Lipinski definition) is 2. The van der Waals surface area contributed by atoms with E-state index in [9.17, 15) is 0 Å². The Kier molecular flexibility index (Phi) is 5.57. The molecule has 3 aromatic rings. The second-order valence-electron chi connectivity index (χ2n) is 6.16. The van der Waals surface area contributed by atoms with Gasteiger partial charge >= 0.3 is 0 Å². The highest BCUT2D eigenvalue weighted by Crippen LogP contribution is 2.24. The number of halogens is 1. The van der Waals surface area contributed by atoms with Crippen LogP contribution in [0.25, 0.3) is 11.0 Å². The predicted octanol–water partition coefficient (Wildman–Crippen LogP) is 3.57. The predicted molar refractivity (Wildman–Crippen MR) is 114 cm³/mol. The quantitative estimate of drug-likeness (QED) is 0.365. The molecule has 0 bridgehead atoms. The molecule has 0 amide bonds. The summed E-state index contributed by atoms with van der Waals surface area (Å²) in [6, 6.07) is 14.6. The Balaban J connectivity index is 0.00000182. The van der Waals surface area contributed by atoms with Gasteiger partial charge in [-0.25, -0.2) is 4.98 Å². The molecule has 0 saturated heterocycles. The highest BCUT2D eigenvalue weighted by molar-refractivity contribution is 14.0. The summed E-state index contributed by atoms with van der Waals surface area (Å²) < 4.78 is 2.10. The van der Waals surface area contributed by atoms with E-state index in [0.717, 1.165) is 29.7 Å². The molecule has 6 heteroatoms. The fourth-order valence-electron chi connectivity index (χ4n) is 3.30. The molecule has 0 unspecified atom stereocenters.